The maximum Gasteiger partial charge on any atom is 0.121 e. The Morgan fingerprint density at radius 2 is 1.26 bits per heavy atom. The van der Waals surface area contributed by atoms with Gasteiger partial charge in [0, 0.05) is 6.20 Å². The molecule has 1 N–H and O–H groups in total. The first-order valence-corrected chi connectivity index (χ1v) is 12.6. The van der Waals surface area contributed by atoms with Gasteiger partial charge >= 0.3 is 0 Å². The summed E-state index contributed by atoms with van der Waals surface area (Å²) < 4.78 is 2.31. The van der Waals surface area contributed by atoms with Gasteiger partial charge in [0.25, 0.3) is 0 Å². The van der Waals surface area contributed by atoms with Crippen molar-refractivity contribution in [1.29, 1.82) is 0 Å². The second-order valence-corrected chi connectivity index (χ2v) is 9.49. The van der Waals surface area contributed by atoms with Crippen LogP contribution in [-0.2, 0) is 12.0 Å². The summed E-state index contributed by atoms with van der Waals surface area (Å²) in [6, 6.07) is 32.4. The number of nitrogens with one attached hydrogen (secondary N) is 1. The van der Waals surface area contributed by atoms with Gasteiger partial charge in [0.1, 0.15) is 5.54 Å². The summed E-state index contributed by atoms with van der Waals surface area (Å²) in [5.41, 5.74) is 4.37. The van der Waals surface area contributed by atoms with Gasteiger partial charge in [-0.2, -0.15) is 0 Å². The van der Waals surface area contributed by atoms with E-state index in [0.29, 0.717) is 5.92 Å². The summed E-state index contributed by atoms with van der Waals surface area (Å²) >= 11 is 0. The second kappa shape index (κ2) is 11.8. The molecule has 0 aliphatic rings. The van der Waals surface area contributed by atoms with E-state index in [1.807, 2.05) is 6.33 Å². The summed E-state index contributed by atoms with van der Waals surface area (Å²) in [6.07, 6.45) is 8.88. The normalized spacial score (nSPS) is 11.7. The van der Waals surface area contributed by atoms with Crippen molar-refractivity contribution >= 4 is 0 Å². The fourth-order valence-electron chi connectivity index (χ4n) is 4.79. The number of imidazole rings is 1. The Hall–Kier alpha value is -3.17. The first-order valence-electron chi connectivity index (χ1n) is 12.6. The molecule has 0 spiro atoms. The van der Waals surface area contributed by atoms with Crippen LogP contribution in [0.5, 0.6) is 0 Å². The molecule has 0 atom stereocenters. The fraction of sp³-hybridized carbons (Fsp3) is 0.323. The van der Waals surface area contributed by atoms with Crippen LogP contribution in [0.15, 0.2) is 104 Å². The van der Waals surface area contributed by atoms with E-state index >= 15 is 0 Å². The molecule has 0 fully saturated rings. The largest absolute Gasteiger partial charge is 0.319 e. The zero-order chi connectivity index (χ0) is 23.6. The molecule has 0 radical (unpaired) electrons. The summed E-state index contributed by atoms with van der Waals surface area (Å²) in [5.74, 6) is 0.711. The quantitative estimate of drug-likeness (QED) is 0.192. The van der Waals surface area contributed by atoms with E-state index in [9.17, 15) is 0 Å². The lowest BCUT2D eigenvalue weighted by atomic mass is 9.77. The Labute approximate surface area is 204 Å². The third-order valence-electron chi connectivity index (χ3n) is 6.44. The van der Waals surface area contributed by atoms with Crippen LogP contribution >= 0.6 is 0 Å². The van der Waals surface area contributed by atoms with Crippen LogP contribution in [0, 0.1) is 5.92 Å². The van der Waals surface area contributed by atoms with Gasteiger partial charge in [-0.1, -0.05) is 111 Å². The van der Waals surface area contributed by atoms with Gasteiger partial charge in [-0.3, -0.25) is 0 Å². The summed E-state index contributed by atoms with van der Waals surface area (Å²) in [4.78, 5) is 4.86. The molecule has 4 aromatic rings. The molecule has 0 amide bonds. The maximum absolute atomic E-state index is 4.86. The van der Waals surface area contributed by atoms with Crippen LogP contribution in [-0.4, -0.2) is 22.6 Å². The van der Waals surface area contributed by atoms with Crippen LogP contribution in [0.4, 0.5) is 0 Å². The minimum atomic E-state index is -0.476. The van der Waals surface area contributed by atoms with Crippen LogP contribution in [0.25, 0.3) is 0 Å². The van der Waals surface area contributed by atoms with Crippen molar-refractivity contribution in [2.45, 2.75) is 45.1 Å². The lowest BCUT2D eigenvalue weighted by molar-refractivity contribution is 0.513. The molecule has 0 bridgehead atoms. The van der Waals surface area contributed by atoms with Crippen molar-refractivity contribution in [2.75, 3.05) is 13.1 Å². The smallest absolute Gasteiger partial charge is 0.121 e. The first-order chi connectivity index (χ1) is 16.7. The average Bonchev–Trinajstić information content (AvgIpc) is 3.35. The molecule has 0 aliphatic carbocycles. The van der Waals surface area contributed by atoms with E-state index in [2.05, 4.69) is 121 Å². The zero-order valence-electron chi connectivity index (χ0n) is 20.5. The van der Waals surface area contributed by atoms with E-state index in [4.69, 9.17) is 4.98 Å². The lowest BCUT2D eigenvalue weighted by Crippen LogP contribution is -2.36. The highest BCUT2D eigenvalue weighted by Crippen LogP contribution is 2.40. The highest BCUT2D eigenvalue weighted by atomic mass is 15.1. The monoisotopic (exact) mass is 451 g/mol. The Morgan fingerprint density at radius 3 is 1.76 bits per heavy atom. The Morgan fingerprint density at radius 1 is 0.735 bits per heavy atom. The maximum atomic E-state index is 4.86. The van der Waals surface area contributed by atoms with Gasteiger partial charge in [0.15, 0.2) is 0 Å². The highest BCUT2D eigenvalue weighted by Gasteiger charge is 2.38. The standard InChI is InChI=1S/C31H37N3/c1-26(2)23-32-22-14-6-13-21-30-24-34(25-33-30)31(27-15-7-3-8-16-27,28-17-9-4-10-18-28)29-19-11-5-12-20-29/h3-5,7-12,15-20,24-26,32H,6,13-14,21-23H2,1-2H3. The Bertz CT molecular complexity index is 1000. The Kier molecular flexibility index (Phi) is 8.32. The number of hydrogen-bond donors (Lipinski definition) is 1. The molecule has 1 heterocycles. The van der Waals surface area contributed by atoms with E-state index in [1.165, 1.54) is 29.5 Å². The topological polar surface area (TPSA) is 29.9 Å². The van der Waals surface area contributed by atoms with Crippen LogP contribution < -0.4 is 5.32 Å². The lowest BCUT2D eigenvalue weighted by Gasteiger charge is -2.37. The van der Waals surface area contributed by atoms with Gasteiger partial charge in [-0.05, 0) is 55.0 Å². The van der Waals surface area contributed by atoms with Gasteiger partial charge in [-0.15, -0.1) is 0 Å². The van der Waals surface area contributed by atoms with Crippen LogP contribution in [0.3, 0.4) is 0 Å². The van der Waals surface area contributed by atoms with Gasteiger partial charge in [0.2, 0.25) is 0 Å². The molecule has 1 aromatic heterocycles. The molecule has 0 saturated carbocycles. The fourth-order valence-corrected chi connectivity index (χ4v) is 4.79. The Balaban J connectivity index is 1.62. The number of rotatable bonds is 12. The van der Waals surface area contributed by atoms with Crippen molar-refractivity contribution in [3.8, 4) is 0 Å². The molecule has 34 heavy (non-hydrogen) atoms. The van der Waals surface area contributed by atoms with E-state index in [0.717, 1.165) is 31.6 Å². The van der Waals surface area contributed by atoms with Crippen molar-refractivity contribution in [2.24, 2.45) is 5.92 Å². The molecule has 4 rings (SSSR count). The van der Waals surface area contributed by atoms with Crippen molar-refractivity contribution in [3.63, 3.8) is 0 Å². The molecule has 3 aromatic carbocycles. The van der Waals surface area contributed by atoms with E-state index < -0.39 is 5.54 Å². The summed E-state index contributed by atoms with van der Waals surface area (Å²) in [7, 11) is 0. The van der Waals surface area contributed by atoms with E-state index in [-0.39, 0.29) is 0 Å². The molecular formula is C31H37N3. The predicted octanol–water partition coefficient (Wildman–Crippen LogP) is 6.68. The van der Waals surface area contributed by atoms with Crippen molar-refractivity contribution in [3.05, 3.63) is 126 Å². The molecule has 3 heteroatoms. The first kappa shape index (κ1) is 24.0. The SMILES string of the molecule is CC(C)CNCCCCCc1cn(C(c2ccccc2)(c2ccccc2)c2ccccc2)cn1. The second-order valence-electron chi connectivity index (χ2n) is 9.49. The molecule has 176 valence electrons. The third kappa shape index (κ3) is 5.48. The van der Waals surface area contributed by atoms with Crippen LogP contribution in [0.2, 0.25) is 0 Å². The zero-order valence-corrected chi connectivity index (χ0v) is 20.5. The summed E-state index contributed by atoms with van der Waals surface area (Å²) in [6.45, 7) is 6.71. The number of aromatic nitrogens is 2. The minimum absolute atomic E-state index is 0.476. The van der Waals surface area contributed by atoms with Crippen molar-refractivity contribution < 1.29 is 0 Å². The minimum Gasteiger partial charge on any atom is -0.319 e. The van der Waals surface area contributed by atoms with Gasteiger partial charge in [-0.25, -0.2) is 4.98 Å². The number of hydrogen-bond acceptors (Lipinski definition) is 2. The molecule has 0 aliphatic heterocycles. The van der Waals surface area contributed by atoms with Gasteiger partial charge in [0.05, 0.1) is 12.0 Å². The number of benzene rings is 3. The van der Waals surface area contributed by atoms with E-state index in [1.54, 1.807) is 0 Å². The summed E-state index contributed by atoms with van der Waals surface area (Å²) in [5, 5.41) is 3.54. The third-order valence-corrected chi connectivity index (χ3v) is 6.44. The average molecular weight is 452 g/mol. The van der Waals surface area contributed by atoms with Crippen molar-refractivity contribution in [1.82, 2.24) is 14.9 Å². The van der Waals surface area contributed by atoms with Crippen LogP contribution in [0.1, 0.15) is 55.5 Å². The molecule has 0 unspecified atom stereocenters. The number of unbranched alkanes of at least 4 members (excludes halogenated alkanes) is 2. The van der Waals surface area contributed by atoms with Gasteiger partial charge < -0.3 is 9.88 Å². The predicted molar refractivity (Wildman–Crippen MR) is 142 cm³/mol. The molecule has 3 nitrogen and oxygen atoms in total. The number of aryl methyl sites for hydroxylation is 1. The highest BCUT2D eigenvalue weighted by molar-refractivity contribution is 5.50. The molecule has 0 saturated heterocycles. The number of nitrogens with zero attached hydrogens (tertiary/aromatic N) is 2. The molecular weight excluding hydrogens is 414 g/mol.